The van der Waals surface area contributed by atoms with Crippen molar-refractivity contribution < 1.29 is 9.90 Å². The Kier molecular flexibility index (Phi) is 4.33. The van der Waals surface area contributed by atoms with Crippen molar-refractivity contribution in [3.63, 3.8) is 0 Å². The highest BCUT2D eigenvalue weighted by Crippen LogP contribution is 2.27. The van der Waals surface area contributed by atoms with E-state index in [0.717, 1.165) is 0 Å². The van der Waals surface area contributed by atoms with Gasteiger partial charge >= 0.3 is 5.97 Å². The number of halogens is 3. The summed E-state index contributed by atoms with van der Waals surface area (Å²) in [6.07, 6.45) is 0. The van der Waals surface area contributed by atoms with E-state index in [-0.39, 0.29) is 33.7 Å². The maximum absolute atomic E-state index is 10.5. The Labute approximate surface area is 90.9 Å². The molecule has 1 aromatic carbocycles. The van der Waals surface area contributed by atoms with Gasteiger partial charge in [0.25, 0.3) is 0 Å². The molecule has 0 spiro atoms. The van der Waals surface area contributed by atoms with E-state index in [0.29, 0.717) is 0 Å². The van der Waals surface area contributed by atoms with Crippen LogP contribution in [0.25, 0.3) is 0 Å². The van der Waals surface area contributed by atoms with Gasteiger partial charge in [0.05, 0.1) is 16.3 Å². The van der Waals surface area contributed by atoms with Gasteiger partial charge in [0.1, 0.15) is 0 Å². The second-order valence-corrected chi connectivity index (χ2v) is 2.98. The molecule has 0 aromatic heterocycles. The van der Waals surface area contributed by atoms with Gasteiger partial charge in [0.2, 0.25) is 0 Å². The van der Waals surface area contributed by atoms with Crippen LogP contribution in [-0.4, -0.2) is 11.1 Å². The highest BCUT2D eigenvalue weighted by atomic mass is 35.5. The lowest BCUT2D eigenvalue weighted by atomic mass is 10.2. The monoisotopic (exact) mass is 241 g/mol. The lowest BCUT2D eigenvalue weighted by molar-refractivity contribution is 0.0697. The fraction of sp³-hybridized carbons (Fsp3) is 0. The van der Waals surface area contributed by atoms with Gasteiger partial charge < -0.3 is 10.8 Å². The van der Waals surface area contributed by atoms with Gasteiger partial charge in [-0.15, -0.1) is 12.4 Å². The highest BCUT2D eigenvalue weighted by Gasteiger charge is 2.11. The topological polar surface area (TPSA) is 63.3 Å². The molecular formula is C7H6Cl3NO2. The number of rotatable bonds is 1. The minimum atomic E-state index is -1.14. The fourth-order valence-electron chi connectivity index (χ4n) is 0.766. The highest BCUT2D eigenvalue weighted by molar-refractivity contribution is 6.37. The van der Waals surface area contributed by atoms with E-state index < -0.39 is 5.97 Å². The Bertz CT molecular complexity index is 341. The first-order valence-electron chi connectivity index (χ1n) is 3.00. The Morgan fingerprint density at radius 1 is 1.38 bits per heavy atom. The summed E-state index contributed by atoms with van der Waals surface area (Å²) in [6, 6.07) is 2.65. The minimum Gasteiger partial charge on any atom is -0.478 e. The van der Waals surface area contributed by atoms with Gasteiger partial charge in [-0.25, -0.2) is 4.79 Å². The standard InChI is InChI=1S/C7H5Cl2NO2.ClH/c8-3-1-4(7(11)12)6(9)5(10)2-3;/h1-2H,10H2,(H,11,12);1H. The van der Waals surface area contributed by atoms with Crippen molar-refractivity contribution in [2.45, 2.75) is 0 Å². The number of carboxylic acids is 1. The maximum atomic E-state index is 10.5. The van der Waals surface area contributed by atoms with Gasteiger partial charge in [-0.3, -0.25) is 0 Å². The Morgan fingerprint density at radius 3 is 2.38 bits per heavy atom. The van der Waals surface area contributed by atoms with Crippen LogP contribution in [0.2, 0.25) is 10.0 Å². The zero-order valence-corrected chi connectivity index (χ0v) is 8.58. The average Bonchev–Trinajstić information content (AvgIpc) is 1.96. The summed E-state index contributed by atoms with van der Waals surface area (Å²) in [7, 11) is 0. The fourth-order valence-corrected chi connectivity index (χ4v) is 1.18. The molecule has 0 fully saturated rings. The predicted molar refractivity (Wildman–Crippen MR) is 55.1 cm³/mol. The molecule has 1 aromatic rings. The SMILES string of the molecule is Cl.Nc1cc(Cl)cc(C(=O)O)c1Cl. The molecule has 0 aliphatic rings. The van der Waals surface area contributed by atoms with Crippen molar-refractivity contribution in [2.24, 2.45) is 0 Å². The average molecular weight is 242 g/mol. The third kappa shape index (κ3) is 2.66. The van der Waals surface area contributed by atoms with Crippen LogP contribution in [-0.2, 0) is 0 Å². The molecule has 0 radical (unpaired) electrons. The van der Waals surface area contributed by atoms with Crippen molar-refractivity contribution in [1.82, 2.24) is 0 Å². The molecule has 0 aliphatic heterocycles. The number of hydrogen-bond acceptors (Lipinski definition) is 2. The van der Waals surface area contributed by atoms with Gasteiger partial charge in [-0.2, -0.15) is 0 Å². The second-order valence-electron chi connectivity index (χ2n) is 2.16. The molecule has 3 N–H and O–H groups in total. The summed E-state index contributed by atoms with van der Waals surface area (Å²) in [5.41, 5.74) is 5.47. The van der Waals surface area contributed by atoms with E-state index in [1.807, 2.05) is 0 Å². The van der Waals surface area contributed by atoms with E-state index in [4.69, 9.17) is 34.0 Å². The van der Waals surface area contributed by atoms with E-state index in [9.17, 15) is 4.79 Å². The van der Waals surface area contributed by atoms with Gasteiger partial charge in [-0.05, 0) is 12.1 Å². The first-order chi connectivity index (χ1) is 5.52. The van der Waals surface area contributed by atoms with Crippen molar-refractivity contribution in [1.29, 1.82) is 0 Å². The number of carbonyl (C=O) groups is 1. The normalized spacial score (nSPS) is 9.08. The molecule has 0 aliphatic carbocycles. The molecule has 0 heterocycles. The zero-order chi connectivity index (χ0) is 9.30. The molecule has 0 saturated heterocycles. The largest absolute Gasteiger partial charge is 0.478 e. The van der Waals surface area contributed by atoms with Crippen LogP contribution in [0.1, 0.15) is 10.4 Å². The predicted octanol–water partition coefficient (Wildman–Crippen LogP) is 2.70. The van der Waals surface area contributed by atoms with Crippen LogP contribution >= 0.6 is 35.6 Å². The van der Waals surface area contributed by atoms with Crippen molar-refractivity contribution in [3.8, 4) is 0 Å². The van der Waals surface area contributed by atoms with Gasteiger partial charge in [-0.1, -0.05) is 23.2 Å². The van der Waals surface area contributed by atoms with Gasteiger partial charge in [0.15, 0.2) is 0 Å². The first-order valence-corrected chi connectivity index (χ1v) is 3.76. The van der Waals surface area contributed by atoms with E-state index >= 15 is 0 Å². The molecule has 72 valence electrons. The smallest absolute Gasteiger partial charge is 0.337 e. The van der Waals surface area contributed by atoms with Crippen LogP contribution < -0.4 is 5.73 Å². The number of nitrogen functional groups attached to an aromatic ring is 1. The molecular weight excluding hydrogens is 236 g/mol. The Balaban J connectivity index is 0.00000144. The van der Waals surface area contributed by atoms with E-state index in [1.54, 1.807) is 0 Å². The van der Waals surface area contributed by atoms with Gasteiger partial charge in [0, 0.05) is 5.02 Å². The molecule has 0 saturated carbocycles. The zero-order valence-electron chi connectivity index (χ0n) is 6.25. The third-order valence-electron chi connectivity index (χ3n) is 1.30. The van der Waals surface area contributed by atoms with Crippen LogP contribution in [0.4, 0.5) is 5.69 Å². The summed E-state index contributed by atoms with van der Waals surface area (Å²) < 4.78 is 0. The quantitative estimate of drug-likeness (QED) is 0.744. The molecule has 0 unspecified atom stereocenters. The summed E-state index contributed by atoms with van der Waals surface area (Å²) in [5.74, 6) is -1.14. The second kappa shape index (κ2) is 4.56. The Morgan fingerprint density at radius 2 is 1.92 bits per heavy atom. The van der Waals surface area contributed by atoms with Crippen LogP contribution in [0, 0.1) is 0 Å². The van der Waals surface area contributed by atoms with E-state index in [2.05, 4.69) is 0 Å². The maximum Gasteiger partial charge on any atom is 0.337 e. The number of anilines is 1. The third-order valence-corrected chi connectivity index (χ3v) is 1.94. The number of aromatic carboxylic acids is 1. The molecule has 0 bridgehead atoms. The summed E-state index contributed by atoms with van der Waals surface area (Å²) >= 11 is 11.2. The first kappa shape index (κ1) is 12.4. The number of hydrogen-bond donors (Lipinski definition) is 2. The number of benzene rings is 1. The minimum absolute atomic E-state index is 0. The summed E-state index contributed by atoms with van der Waals surface area (Å²) in [4.78, 5) is 10.5. The molecule has 1 rings (SSSR count). The molecule has 0 amide bonds. The van der Waals surface area contributed by atoms with Crippen LogP contribution in [0.3, 0.4) is 0 Å². The number of carboxylic acid groups (broad SMARTS) is 1. The van der Waals surface area contributed by atoms with Crippen molar-refractivity contribution in [3.05, 3.63) is 27.7 Å². The molecule has 13 heavy (non-hydrogen) atoms. The Hall–Kier alpha value is -0.640. The summed E-state index contributed by atoms with van der Waals surface area (Å²) in [6.45, 7) is 0. The van der Waals surface area contributed by atoms with Crippen LogP contribution in [0.5, 0.6) is 0 Å². The molecule has 0 atom stereocenters. The molecule has 3 nitrogen and oxygen atoms in total. The lowest BCUT2D eigenvalue weighted by Crippen LogP contribution is -2.00. The van der Waals surface area contributed by atoms with E-state index in [1.165, 1.54) is 12.1 Å². The van der Waals surface area contributed by atoms with Crippen molar-refractivity contribution in [2.75, 3.05) is 5.73 Å². The number of nitrogens with two attached hydrogens (primary N) is 1. The lowest BCUT2D eigenvalue weighted by Gasteiger charge is -2.02. The summed E-state index contributed by atoms with van der Waals surface area (Å²) in [5, 5.41) is 8.89. The van der Waals surface area contributed by atoms with Crippen LogP contribution in [0.15, 0.2) is 12.1 Å². The van der Waals surface area contributed by atoms with Crippen molar-refractivity contribution >= 4 is 47.3 Å². The molecule has 6 heteroatoms.